The van der Waals surface area contributed by atoms with E-state index in [4.69, 9.17) is 14.2 Å². The van der Waals surface area contributed by atoms with Gasteiger partial charge in [-0.2, -0.15) is 0 Å². The molecule has 0 amide bonds. The summed E-state index contributed by atoms with van der Waals surface area (Å²) in [5.41, 5.74) is 0. The molecule has 0 radical (unpaired) electrons. The summed E-state index contributed by atoms with van der Waals surface area (Å²) in [7, 11) is 0. The van der Waals surface area contributed by atoms with Crippen LogP contribution in [0.5, 0.6) is 0 Å². The van der Waals surface area contributed by atoms with Crippen molar-refractivity contribution < 1.29 is 28.6 Å². The van der Waals surface area contributed by atoms with Crippen molar-refractivity contribution in [3.63, 3.8) is 0 Å². The molecule has 0 aliphatic carbocycles. The zero-order valence-corrected chi connectivity index (χ0v) is 38.1. The van der Waals surface area contributed by atoms with Crippen LogP contribution in [0.25, 0.3) is 0 Å². The molecule has 0 rings (SSSR count). The van der Waals surface area contributed by atoms with Gasteiger partial charge in [0, 0.05) is 19.3 Å². The molecule has 57 heavy (non-hydrogen) atoms. The minimum atomic E-state index is -0.771. The third-order valence-corrected chi connectivity index (χ3v) is 10.9. The van der Waals surface area contributed by atoms with Gasteiger partial charge in [0.1, 0.15) is 13.2 Å². The minimum absolute atomic E-state index is 0.0739. The van der Waals surface area contributed by atoms with Crippen molar-refractivity contribution >= 4 is 17.9 Å². The second-order valence-electron chi connectivity index (χ2n) is 16.7. The molecule has 0 aliphatic rings. The Bertz CT molecular complexity index is 927. The van der Waals surface area contributed by atoms with E-state index in [2.05, 4.69) is 45.1 Å². The number of carbonyl (C=O) groups excluding carboxylic acids is 3. The number of carbonyl (C=O) groups is 3. The summed E-state index contributed by atoms with van der Waals surface area (Å²) < 4.78 is 16.7. The first-order valence-corrected chi connectivity index (χ1v) is 24.8. The Morgan fingerprint density at radius 2 is 0.596 bits per heavy atom. The topological polar surface area (TPSA) is 78.9 Å². The highest BCUT2D eigenvalue weighted by molar-refractivity contribution is 5.71. The van der Waals surface area contributed by atoms with Crippen molar-refractivity contribution in [1.82, 2.24) is 0 Å². The normalized spacial score (nSPS) is 12.1. The zero-order chi connectivity index (χ0) is 41.5. The molecule has 0 aromatic heterocycles. The van der Waals surface area contributed by atoms with Gasteiger partial charge in [0.2, 0.25) is 0 Å². The lowest BCUT2D eigenvalue weighted by atomic mass is 10.0. The largest absolute Gasteiger partial charge is 0.462 e. The van der Waals surface area contributed by atoms with Crippen LogP contribution >= 0.6 is 0 Å². The van der Waals surface area contributed by atoms with Crippen molar-refractivity contribution in [2.24, 2.45) is 0 Å². The van der Waals surface area contributed by atoms with Gasteiger partial charge in [-0.25, -0.2) is 0 Å². The maximum atomic E-state index is 12.7. The maximum Gasteiger partial charge on any atom is 0.306 e. The lowest BCUT2D eigenvalue weighted by Crippen LogP contribution is -2.30. The van der Waals surface area contributed by atoms with Crippen LogP contribution in [0.15, 0.2) is 24.3 Å². The van der Waals surface area contributed by atoms with Crippen LogP contribution in [0.4, 0.5) is 0 Å². The first-order chi connectivity index (χ1) is 28.0. The lowest BCUT2D eigenvalue weighted by Gasteiger charge is -2.18. The van der Waals surface area contributed by atoms with E-state index in [1.807, 2.05) is 0 Å². The molecule has 6 heteroatoms. The maximum absolute atomic E-state index is 12.7. The second kappa shape index (κ2) is 46.6. The second-order valence-corrected chi connectivity index (χ2v) is 16.7. The number of rotatable bonds is 45. The standard InChI is InChI=1S/C51H94O6/c1-4-7-10-13-16-19-22-24-26-28-29-32-35-38-41-44-50(53)56-47-48(46-55-49(52)43-40-37-34-31-21-18-15-12-9-6-3)57-51(54)45-42-39-36-33-30-27-25-23-20-17-14-11-8-5-2/h15,18-19,22,48H,4-14,16-17,20-21,23-47H2,1-3H3/b18-15-,22-19-. The Labute approximate surface area is 353 Å². The van der Waals surface area contributed by atoms with Crippen LogP contribution < -0.4 is 0 Å². The first kappa shape index (κ1) is 54.9. The highest BCUT2D eigenvalue weighted by Gasteiger charge is 2.19. The summed E-state index contributed by atoms with van der Waals surface area (Å²) in [5, 5.41) is 0. The zero-order valence-electron chi connectivity index (χ0n) is 38.1. The molecular formula is C51H94O6. The van der Waals surface area contributed by atoms with E-state index in [1.165, 1.54) is 148 Å². The van der Waals surface area contributed by atoms with Gasteiger partial charge in [-0.1, -0.05) is 206 Å². The number of hydrogen-bond donors (Lipinski definition) is 0. The Hall–Kier alpha value is -2.11. The van der Waals surface area contributed by atoms with Gasteiger partial charge in [0.15, 0.2) is 6.10 Å². The van der Waals surface area contributed by atoms with E-state index in [1.54, 1.807) is 0 Å². The summed E-state index contributed by atoms with van der Waals surface area (Å²) in [5.74, 6) is -0.882. The first-order valence-electron chi connectivity index (χ1n) is 24.8. The molecule has 0 fully saturated rings. The number of esters is 3. The van der Waals surface area contributed by atoms with E-state index < -0.39 is 6.10 Å². The van der Waals surface area contributed by atoms with Crippen molar-refractivity contribution in [3.05, 3.63) is 24.3 Å². The molecule has 0 aromatic carbocycles. The molecule has 0 N–H and O–H groups in total. The minimum Gasteiger partial charge on any atom is -0.462 e. The Morgan fingerprint density at radius 1 is 0.333 bits per heavy atom. The third-order valence-electron chi connectivity index (χ3n) is 10.9. The molecule has 0 spiro atoms. The Morgan fingerprint density at radius 3 is 0.947 bits per heavy atom. The number of ether oxygens (including phenoxy) is 3. The molecule has 0 bridgehead atoms. The fourth-order valence-corrected chi connectivity index (χ4v) is 7.12. The van der Waals surface area contributed by atoms with Gasteiger partial charge in [-0.15, -0.1) is 0 Å². The predicted octanol–water partition coefficient (Wildman–Crippen LogP) is 16.0. The monoisotopic (exact) mass is 803 g/mol. The molecular weight excluding hydrogens is 709 g/mol. The fraction of sp³-hybridized carbons (Fsp3) is 0.863. The molecule has 0 aromatic rings. The van der Waals surface area contributed by atoms with Crippen LogP contribution in [-0.4, -0.2) is 37.2 Å². The highest BCUT2D eigenvalue weighted by atomic mass is 16.6. The molecule has 6 nitrogen and oxygen atoms in total. The van der Waals surface area contributed by atoms with Gasteiger partial charge in [-0.3, -0.25) is 14.4 Å². The van der Waals surface area contributed by atoms with E-state index in [-0.39, 0.29) is 31.1 Å². The van der Waals surface area contributed by atoms with Crippen molar-refractivity contribution in [1.29, 1.82) is 0 Å². The van der Waals surface area contributed by atoms with Crippen LogP contribution in [0, 0.1) is 0 Å². The number of allylic oxidation sites excluding steroid dienone is 4. The molecule has 1 unspecified atom stereocenters. The number of hydrogen-bond acceptors (Lipinski definition) is 6. The summed E-state index contributed by atoms with van der Waals surface area (Å²) >= 11 is 0. The van der Waals surface area contributed by atoms with Gasteiger partial charge in [-0.05, 0) is 64.2 Å². The number of unbranched alkanes of at least 4 members (excludes halogenated alkanes) is 30. The van der Waals surface area contributed by atoms with Gasteiger partial charge < -0.3 is 14.2 Å². The average molecular weight is 803 g/mol. The summed E-state index contributed by atoms with van der Waals surface area (Å²) in [6, 6.07) is 0. The van der Waals surface area contributed by atoms with Crippen molar-refractivity contribution in [2.45, 2.75) is 271 Å². The van der Waals surface area contributed by atoms with Gasteiger partial charge in [0.05, 0.1) is 0 Å². The average Bonchev–Trinajstić information content (AvgIpc) is 3.21. The summed E-state index contributed by atoms with van der Waals surface area (Å²) in [4.78, 5) is 37.8. The van der Waals surface area contributed by atoms with Crippen molar-refractivity contribution in [3.8, 4) is 0 Å². The van der Waals surface area contributed by atoms with Crippen molar-refractivity contribution in [2.75, 3.05) is 13.2 Å². The van der Waals surface area contributed by atoms with Crippen LogP contribution in [-0.2, 0) is 28.6 Å². The van der Waals surface area contributed by atoms with Crippen LogP contribution in [0.2, 0.25) is 0 Å². The van der Waals surface area contributed by atoms with Gasteiger partial charge >= 0.3 is 17.9 Å². The molecule has 0 aliphatic heterocycles. The SMILES string of the molecule is CCCC/C=C\CCCCCCC(=O)OCC(COC(=O)CCCCCCCCC/C=C\CCCCCC)OC(=O)CCCCCCCCCCCCCCCC. The Balaban J connectivity index is 4.33. The fourth-order valence-electron chi connectivity index (χ4n) is 7.12. The third kappa shape index (κ3) is 44.8. The van der Waals surface area contributed by atoms with E-state index in [0.29, 0.717) is 19.3 Å². The predicted molar refractivity (Wildman–Crippen MR) is 243 cm³/mol. The molecule has 1 atom stereocenters. The Kier molecular flexibility index (Phi) is 44.9. The van der Waals surface area contributed by atoms with E-state index in [9.17, 15) is 14.4 Å². The molecule has 334 valence electrons. The van der Waals surface area contributed by atoms with Crippen LogP contribution in [0.3, 0.4) is 0 Å². The van der Waals surface area contributed by atoms with E-state index >= 15 is 0 Å². The molecule has 0 heterocycles. The summed E-state index contributed by atoms with van der Waals surface area (Å²) in [6.45, 7) is 6.59. The lowest BCUT2D eigenvalue weighted by molar-refractivity contribution is -0.167. The molecule has 0 saturated carbocycles. The smallest absolute Gasteiger partial charge is 0.306 e. The molecule has 0 saturated heterocycles. The highest BCUT2D eigenvalue weighted by Crippen LogP contribution is 2.15. The van der Waals surface area contributed by atoms with E-state index in [0.717, 1.165) is 77.0 Å². The quantitative estimate of drug-likeness (QED) is 0.0264. The van der Waals surface area contributed by atoms with Gasteiger partial charge in [0.25, 0.3) is 0 Å². The van der Waals surface area contributed by atoms with Crippen LogP contribution in [0.1, 0.15) is 265 Å². The summed E-state index contributed by atoms with van der Waals surface area (Å²) in [6.07, 6.45) is 51.6.